The van der Waals surface area contributed by atoms with E-state index in [-0.39, 0.29) is 5.82 Å². The number of rotatable bonds is 5. The standard InChI is InChI=1S/C23H26FN5O/c1-29-11-3-4-15(13-29)26-23-18-12-25-10-9-17(18)21(27-28-23)20-19(24)8-7-16(14-5-6-14)22(20)30-2/h7-10,12,14-15H,3-6,11,13H2,1-2H3,(H,26,28)/t15-/m1/s1. The number of nitrogens with zero attached hydrogens (tertiary/aromatic N) is 4. The molecule has 6 nitrogen and oxygen atoms in total. The molecule has 2 aliphatic rings. The van der Waals surface area contributed by atoms with Crippen LogP contribution >= 0.6 is 0 Å². The molecular formula is C23H26FN5O. The summed E-state index contributed by atoms with van der Waals surface area (Å²) >= 11 is 0. The van der Waals surface area contributed by atoms with Gasteiger partial charge in [0.2, 0.25) is 0 Å². The Morgan fingerprint density at radius 3 is 2.77 bits per heavy atom. The number of halogens is 1. The summed E-state index contributed by atoms with van der Waals surface area (Å²) in [6, 6.07) is 5.53. The molecule has 1 saturated carbocycles. The summed E-state index contributed by atoms with van der Waals surface area (Å²) in [6.07, 6.45) is 7.93. The smallest absolute Gasteiger partial charge is 0.158 e. The minimum absolute atomic E-state index is 0.303. The summed E-state index contributed by atoms with van der Waals surface area (Å²) < 4.78 is 20.7. The summed E-state index contributed by atoms with van der Waals surface area (Å²) in [4.78, 5) is 6.61. The molecule has 1 aliphatic carbocycles. The third-order valence-corrected chi connectivity index (χ3v) is 6.14. The van der Waals surface area contributed by atoms with Crippen LogP contribution in [0.3, 0.4) is 0 Å². The molecule has 0 radical (unpaired) electrons. The number of piperidine rings is 1. The van der Waals surface area contributed by atoms with Crippen LogP contribution in [-0.2, 0) is 0 Å². The lowest BCUT2D eigenvalue weighted by atomic mass is 9.99. The van der Waals surface area contributed by atoms with Gasteiger partial charge in [-0.1, -0.05) is 6.07 Å². The van der Waals surface area contributed by atoms with Crippen molar-refractivity contribution in [2.45, 2.75) is 37.6 Å². The van der Waals surface area contributed by atoms with Gasteiger partial charge < -0.3 is 15.0 Å². The van der Waals surface area contributed by atoms with Crippen LogP contribution in [0.25, 0.3) is 22.0 Å². The lowest BCUT2D eigenvalue weighted by molar-refractivity contribution is 0.261. The highest BCUT2D eigenvalue weighted by Crippen LogP contribution is 2.48. The molecule has 0 bridgehead atoms. The molecule has 5 rings (SSSR count). The van der Waals surface area contributed by atoms with Crippen LogP contribution in [0.15, 0.2) is 30.6 Å². The average molecular weight is 407 g/mol. The van der Waals surface area contributed by atoms with E-state index in [0.29, 0.717) is 34.8 Å². The van der Waals surface area contributed by atoms with Gasteiger partial charge in [0, 0.05) is 35.8 Å². The highest BCUT2D eigenvalue weighted by molar-refractivity contribution is 6.00. The Labute approximate surface area is 175 Å². The maximum absolute atomic E-state index is 15.0. The number of likely N-dealkylation sites (tertiary alicyclic amines) is 1. The van der Waals surface area contributed by atoms with Crippen LogP contribution in [0.1, 0.15) is 37.2 Å². The zero-order chi connectivity index (χ0) is 20.7. The largest absolute Gasteiger partial charge is 0.496 e. The van der Waals surface area contributed by atoms with Crippen LogP contribution < -0.4 is 10.1 Å². The molecule has 1 atom stereocenters. The molecule has 0 amide bonds. The highest BCUT2D eigenvalue weighted by atomic mass is 19.1. The first-order valence-electron chi connectivity index (χ1n) is 10.6. The normalized spacial score (nSPS) is 19.8. The average Bonchev–Trinajstić information content (AvgIpc) is 3.59. The molecule has 0 unspecified atom stereocenters. The van der Waals surface area contributed by atoms with E-state index in [0.717, 1.165) is 55.1 Å². The second-order valence-corrected chi connectivity index (χ2v) is 8.38. The van der Waals surface area contributed by atoms with Crippen molar-refractivity contribution in [2.75, 3.05) is 32.6 Å². The molecule has 1 N–H and O–H groups in total. The number of ether oxygens (including phenoxy) is 1. The van der Waals surface area contributed by atoms with Gasteiger partial charge in [-0.05, 0) is 62.9 Å². The molecule has 2 fully saturated rings. The molecule has 7 heteroatoms. The Kier molecular flexibility index (Phi) is 4.98. The fourth-order valence-corrected chi connectivity index (χ4v) is 4.50. The summed E-state index contributed by atoms with van der Waals surface area (Å²) in [5, 5.41) is 14.1. The third-order valence-electron chi connectivity index (χ3n) is 6.14. The molecule has 0 spiro atoms. The summed E-state index contributed by atoms with van der Waals surface area (Å²) in [5.74, 6) is 1.35. The van der Waals surface area contributed by atoms with E-state index in [4.69, 9.17) is 4.74 Å². The topological polar surface area (TPSA) is 63.2 Å². The van der Waals surface area contributed by atoms with Gasteiger partial charge in [0.1, 0.15) is 17.3 Å². The first-order chi connectivity index (χ1) is 14.7. The third kappa shape index (κ3) is 3.47. The lowest BCUT2D eigenvalue weighted by Crippen LogP contribution is -2.40. The van der Waals surface area contributed by atoms with Crippen molar-refractivity contribution in [3.8, 4) is 17.0 Å². The lowest BCUT2D eigenvalue weighted by Gasteiger charge is -2.30. The molecule has 156 valence electrons. The summed E-state index contributed by atoms with van der Waals surface area (Å²) in [6.45, 7) is 2.07. The van der Waals surface area contributed by atoms with E-state index in [1.807, 2.05) is 12.1 Å². The molecule has 3 aromatic rings. The molecule has 1 saturated heterocycles. The Balaban J connectivity index is 1.61. The molecular weight excluding hydrogens is 381 g/mol. The zero-order valence-electron chi connectivity index (χ0n) is 17.4. The van der Waals surface area contributed by atoms with E-state index >= 15 is 4.39 Å². The first kappa shape index (κ1) is 19.2. The van der Waals surface area contributed by atoms with Gasteiger partial charge >= 0.3 is 0 Å². The quantitative estimate of drug-likeness (QED) is 0.683. The number of aromatic nitrogens is 3. The predicted molar refractivity (Wildman–Crippen MR) is 115 cm³/mol. The Morgan fingerprint density at radius 1 is 1.13 bits per heavy atom. The number of benzene rings is 1. The predicted octanol–water partition coefficient (Wildman–Crippen LogP) is 4.22. The molecule has 1 aliphatic heterocycles. The van der Waals surface area contributed by atoms with Crippen LogP contribution in [0.2, 0.25) is 0 Å². The highest BCUT2D eigenvalue weighted by Gasteiger charge is 2.30. The second kappa shape index (κ2) is 7.80. The number of hydrogen-bond acceptors (Lipinski definition) is 6. The molecule has 30 heavy (non-hydrogen) atoms. The van der Waals surface area contributed by atoms with E-state index < -0.39 is 0 Å². The first-order valence-corrected chi connectivity index (χ1v) is 10.6. The SMILES string of the molecule is COc1c(C2CC2)ccc(F)c1-c1nnc(N[C@@H]2CCCN(C)C2)c2cnccc12. The fraction of sp³-hybridized carbons (Fsp3) is 0.435. The minimum atomic E-state index is -0.349. The Bertz CT molecular complexity index is 1080. The molecule has 1 aromatic carbocycles. The van der Waals surface area contributed by atoms with Gasteiger partial charge in [0.15, 0.2) is 5.82 Å². The van der Waals surface area contributed by atoms with Crippen molar-refractivity contribution in [1.82, 2.24) is 20.1 Å². The summed E-state index contributed by atoms with van der Waals surface area (Å²) in [7, 11) is 3.72. The number of pyridine rings is 1. The van der Waals surface area contributed by atoms with Crippen LogP contribution in [-0.4, -0.2) is 53.4 Å². The number of fused-ring (bicyclic) bond motifs is 1. The molecule has 2 aromatic heterocycles. The van der Waals surface area contributed by atoms with Gasteiger partial charge in [-0.2, -0.15) is 0 Å². The van der Waals surface area contributed by atoms with Crippen molar-refractivity contribution in [3.63, 3.8) is 0 Å². The number of nitrogens with one attached hydrogen (secondary N) is 1. The van der Waals surface area contributed by atoms with Crippen molar-refractivity contribution in [3.05, 3.63) is 42.0 Å². The fourth-order valence-electron chi connectivity index (χ4n) is 4.50. The van der Waals surface area contributed by atoms with Gasteiger partial charge in [0.25, 0.3) is 0 Å². The molecule has 3 heterocycles. The van der Waals surface area contributed by atoms with Gasteiger partial charge in [-0.3, -0.25) is 4.98 Å². The van der Waals surface area contributed by atoms with Gasteiger partial charge in [0.05, 0.1) is 12.7 Å². The number of likely N-dealkylation sites (N-methyl/N-ethyl adjacent to an activating group) is 1. The van der Waals surface area contributed by atoms with Crippen LogP contribution in [0, 0.1) is 5.82 Å². The second-order valence-electron chi connectivity index (χ2n) is 8.38. The van der Waals surface area contributed by atoms with Gasteiger partial charge in [-0.15, -0.1) is 10.2 Å². The van der Waals surface area contributed by atoms with Crippen molar-refractivity contribution in [2.24, 2.45) is 0 Å². The van der Waals surface area contributed by atoms with Crippen molar-refractivity contribution >= 4 is 16.6 Å². The maximum atomic E-state index is 15.0. The Hall–Kier alpha value is -2.80. The zero-order valence-corrected chi connectivity index (χ0v) is 17.4. The van der Waals surface area contributed by atoms with Crippen LogP contribution in [0.4, 0.5) is 10.2 Å². The number of anilines is 1. The Morgan fingerprint density at radius 2 is 2.00 bits per heavy atom. The van der Waals surface area contributed by atoms with Crippen molar-refractivity contribution < 1.29 is 9.13 Å². The van der Waals surface area contributed by atoms with Gasteiger partial charge in [-0.25, -0.2) is 4.39 Å². The number of methoxy groups -OCH3 is 1. The number of hydrogen-bond donors (Lipinski definition) is 1. The maximum Gasteiger partial charge on any atom is 0.158 e. The minimum Gasteiger partial charge on any atom is -0.496 e. The monoisotopic (exact) mass is 407 g/mol. The van der Waals surface area contributed by atoms with E-state index in [1.165, 1.54) is 6.07 Å². The van der Waals surface area contributed by atoms with E-state index in [2.05, 4.69) is 32.4 Å². The summed E-state index contributed by atoms with van der Waals surface area (Å²) in [5.41, 5.74) is 1.93. The van der Waals surface area contributed by atoms with Crippen molar-refractivity contribution in [1.29, 1.82) is 0 Å². The van der Waals surface area contributed by atoms with E-state index in [1.54, 1.807) is 19.5 Å². The van der Waals surface area contributed by atoms with E-state index in [9.17, 15) is 0 Å². The van der Waals surface area contributed by atoms with Crippen LogP contribution in [0.5, 0.6) is 5.75 Å².